The molecule has 1 aromatic carbocycles. The van der Waals surface area contributed by atoms with Crippen LogP contribution in [0.2, 0.25) is 0 Å². The molecule has 1 fully saturated rings. The number of aromatic nitrogens is 1. The Bertz CT molecular complexity index is 1040. The number of pyridine rings is 1. The lowest BCUT2D eigenvalue weighted by molar-refractivity contribution is -0.137. The molecule has 33 heavy (non-hydrogen) atoms. The van der Waals surface area contributed by atoms with Crippen molar-refractivity contribution in [2.75, 3.05) is 18.0 Å². The summed E-state index contributed by atoms with van der Waals surface area (Å²) in [6.45, 7) is 7.29. The van der Waals surface area contributed by atoms with Crippen LogP contribution < -0.4 is 10.6 Å². The number of amides is 3. The van der Waals surface area contributed by atoms with Gasteiger partial charge in [-0.3, -0.25) is 14.6 Å². The van der Waals surface area contributed by atoms with Crippen molar-refractivity contribution in [2.24, 2.45) is 11.7 Å². The highest BCUT2D eigenvalue weighted by Gasteiger charge is 2.41. The summed E-state index contributed by atoms with van der Waals surface area (Å²) in [6, 6.07) is 7.13. The number of aliphatic carboxylic acids is 1. The van der Waals surface area contributed by atoms with Crippen molar-refractivity contribution in [1.29, 1.82) is 0 Å². The number of carbonyl (C=O) groups is 3. The number of imide groups is 1. The third kappa shape index (κ3) is 5.82. The maximum atomic E-state index is 13.0. The second kappa shape index (κ2) is 11.4. The Kier molecular flexibility index (Phi) is 9.84. The Labute approximate surface area is 206 Å². The zero-order valence-electron chi connectivity index (χ0n) is 19.1. The fraction of sp³-hybridized carbons (Fsp3) is 0.391. The number of carboxylic acid groups (broad SMARTS) is 1. The predicted octanol–water partition coefficient (Wildman–Crippen LogP) is 3.72. The molecule has 3 N–H and O–H groups in total. The summed E-state index contributed by atoms with van der Waals surface area (Å²) < 4.78 is 0. The van der Waals surface area contributed by atoms with Gasteiger partial charge >= 0.3 is 12.0 Å². The lowest BCUT2D eigenvalue weighted by atomic mass is 9.92. The van der Waals surface area contributed by atoms with E-state index in [9.17, 15) is 14.4 Å². The number of nitrogens with zero attached hydrogens (tertiary/aromatic N) is 3. The van der Waals surface area contributed by atoms with Gasteiger partial charge in [-0.2, -0.15) is 0 Å². The molecule has 1 aromatic heterocycles. The number of carboxylic acids is 1. The van der Waals surface area contributed by atoms with Crippen LogP contribution in [0.5, 0.6) is 0 Å². The van der Waals surface area contributed by atoms with Gasteiger partial charge in [-0.1, -0.05) is 43.7 Å². The van der Waals surface area contributed by atoms with Gasteiger partial charge in [0.05, 0.1) is 11.4 Å². The van der Waals surface area contributed by atoms with Gasteiger partial charge in [-0.15, -0.1) is 24.8 Å². The van der Waals surface area contributed by atoms with E-state index < -0.39 is 24.5 Å². The Morgan fingerprint density at radius 3 is 2.27 bits per heavy atom. The topological polar surface area (TPSA) is 117 Å². The van der Waals surface area contributed by atoms with Crippen LogP contribution in [-0.2, 0) is 22.6 Å². The van der Waals surface area contributed by atoms with Gasteiger partial charge in [0.15, 0.2) is 0 Å². The molecule has 3 amide bonds. The van der Waals surface area contributed by atoms with E-state index in [4.69, 9.17) is 15.8 Å². The Morgan fingerprint density at radius 2 is 1.76 bits per heavy atom. The fourth-order valence-electron chi connectivity index (χ4n) is 3.93. The molecule has 1 aliphatic heterocycles. The number of urea groups is 1. The highest BCUT2D eigenvalue weighted by molar-refractivity contribution is 6.22. The maximum absolute atomic E-state index is 13.0. The molecule has 0 aliphatic carbocycles. The number of nitrogens with two attached hydrogens (primary N) is 1. The summed E-state index contributed by atoms with van der Waals surface area (Å²) in [4.78, 5) is 43.8. The van der Waals surface area contributed by atoms with Crippen molar-refractivity contribution in [2.45, 2.75) is 40.7 Å². The van der Waals surface area contributed by atoms with Crippen molar-refractivity contribution in [3.05, 3.63) is 46.8 Å². The van der Waals surface area contributed by atoms with E-state index in [-0.39, 0.29) is 37.9 Å². The van der Waals surface area contributed by atoms with Crippen molar-refractivity contribution in [3.8, 4) is 11.1 Å². The lowest BCUT2D eigenvalue weighted by Crippen LogP contribution is -2.36. The van der Waals surface area contributed by atoms with Gasteiger partial charge in [0, 0.05) is 17.8 Å². The zero-order chi connectivity index (χ0) is 22.9. The third-order valence-electron chi connectivity index (χ3n) is 5.27. The summed E-state index contributed by atoms with van der Waals surface area (Å²) in [5, 5.41) is 9.10. The standard InChI is InChI=1S/C23H28N4O4.2ClH/c1-13(2)9-18-17(10-24)21(16-7-5-14(3)6-8-16)22(15(4)25-18)27-19(28)11-26(23(27)31)12-20(29)30;;/h5-8,13H,9-12,24H2,1-4H3,(H,29,30);2*1H. The number of carbonyl (C=O) groups excluding carboxylic acids is 2. The maximum Gasteiger partial charge on any atom is 0.332 e. The van der Waals surface area contributed by atoms with Crippen LogP contribution in [0.25, 0.3) is 11.1 Å². The molecule has 3 rings (SSSR count). The largest absolute Gasteiger partial charge is 0.480 e. The minimum absolute atomic E-state index is 0. The molecule has 2 heterocycles. The van der Waals surface area contributed by atoms with Crippen molar-refractivity contribution >= 4 is 48.4 Å². The molecule has 10 heteroatoms. The number of halogens is 2. The average Bonchev–Trinajstić information content (AvgIpc) is 2.94. The first-order valence-corrected chi connectivity index (χ1v) is 10.3. The minimum atomic E-state index is -1.17. The zero-order valence-corrected chi connectivity index (χ0v) is 20.8. The van der Waals surface area contributed by atoms with Crippen LogP contribution in [0.4, 0.5) is 10.5 Å². The molecule has 0 radical (unpaired) electrons. The van der Waals surface area contributed by atoms with E-state index in [0.717, 1.165) is 32.2 Å². The third-order valence-corrected chi connectivity index (χ3v) is 5.27. The Morgan fingerprint density at radius 1 is 1.15 bits per heavy atom. The highest BCUT2D eigenvalue weighted by Crippen LogP contribution is 2.40. The van der Waals surface area contributed by atoms with Gasteiger partial charge in [0.2, 0.25) is 0 Å². The number of hydrogen-bond donors (Lipinski definition) is 2. The van der Waals surface area contributed by atoms with Crippen LogP contribution >= 0.6 is 24.8 Å². The van der Waals surface area contributed by atoms with Crippen molar-refractivity contribution in [3.63, 3.8) is 0 Å². The molecule has 180 valence electrons. The molecule has 0 atom stereocenters. The summed E-state index contributed by atoms with van der Waals surface area (Å²) in [7, 11) is 0. The predicted molar refractivity (Wildman–Crippen MR) is 132 cm³/mol. The van der Waals surface area contributed by atoms with Gasteiger partial charge in [0.1, 0.15) is 13.1 Å². The smallest absolute Gasteiger partial charge is 0.332 e. The second-order valence-corrected chi connectivity index (χ2v) is 8.28. The van der Waals surface area contributed by atoms with Crippen molar-refractivity contribution in [1.82, 2.24) is 9.88 Å². The van der Waals surface area contributed by atoms with E-state index in [0.29, 0.717) is 29.3 Å². The molecule has 0 spiro atoms. The molecular weight excluding hydrogens is 467 g/mol. The molecular formula is C23H30Cl2N4O4. The van der Waals surface area contributed by atoms with Crippen LogP contribution in [0.1, 0.15) is 36.4 Å². The van der Waals surface area contributed by atoms with E-state index in [1.165, 1.54) is 0 Å². The molecule has 1 aliphatic rings. The summed E-state index contributed by atoms with van der Waals surface area (Å²) in [5.74, 6) is -1.31. The number of rotatable bonds is 7. The Balaban J connectivity index is 0.00000272. The number of hydrogen-bond acceptors (Lipinski definition) is 5. The van der Waals surface area contributed by atoms with Gasteiger partial charge in [-0.05, 0) is 37.3 Å². The van der Waals surface area contributed by atoms with E-state index in [1.54, 1.807) is 6.92 Å². The number of anilines is 1. The quantitative estimate of drug-likeness (QED) is 0.564. The Hall–Kier alpha value is -2.68. The molecule has 1 saturated heterocycles. The second-order valence-electron chi connectivity index (χ2n) is 8.28. The SMILES string of the molecule is Cc1ccc(-c2c(CN)c(CC(C)C)nc(C)c2N2C(=O)CN(CC(=O)O)C2=O)cc1.Cl.Cl. The average molecular weight is 497 g/mol. The van der Waals surface area contributed by atoms with E-state index in [1.807, 2.05) is 31.2 Å². The molecule has 0 saturated carbocycles. The van der Waals surface area contributed by atoms with Gasteiger partial charge < -0.3 is 15.7 Å². The first kappa shape index (κ1) is 28.4. The van der Waals surface area contributed by atoms with Crippen LogP contribution in [-0.4, -0.2) is 46.0 Å². The highest BCUT2D eigenvalue weighted by atomic mass is 35.5. The summed E-state index contributed by atoms with van der Waals surface area (Å²) in [5.41, 5.74) is 11.3. The molecule has 8 nitrogen and oxygen atoms in total. The molecule has 0 bridgehead atoms. The first-order valence-electron chi connectivity index (χ1n) is 10.3. The summed E-state index contributed by atoms with van der Waals surface area (Å²) >= 11 is 0. The van der Waals surface area contributed by atoms with Gasteiger partial charge in [0.25, 0.3) is 5.91 Å². The van der Waals surface area contributed by atoms with Crippen LogP contribution in [0, 0.1) is 19.8 Å². The van der Waals surface area contributed by atoms with Crippen molar-refractivity contribution < 1.29 is 19.5 Å². The number of benzene rings is 1. The van der Waals surface area contributed by atoms with Crippen LogP contribution in [0.3, 0.4) is 0 Å². The molecule has 2 aromatic rings. The minimum Gasteiger partial charge on any atom is -0.480 e. The number of aryl methyl sites for hydroxylation is 2. The monoisotopic (exact) mass is 496 g/mol. The van der Waals surface area contributed by atoms with Crippen LogP contribution in [0.15, 0.2) is 24.3 Å². The van der Waals surface area contributed by atoms with Gasteiger partial charge in [-0.25, -0.2) is 9.69 Å². The fourth-order valence-corrected chi connectivity index (χ4v) is 3.93. The molecule has 0 unspecified atom stereocenters. The first-order chi connectivity index (χ1) is 14.6. The van der Waals surface area contributed by atoms with E-state index in [2.05, 4.69) is 13.8 Å². The lowest BCUT2D eigenvalue weighted by Gasteiger charge is -2.25. The van der Waals surface area contributed by atoms with E-state index >= 15 is 0 Å². The normalized spacial score (nSPS) is 13.3. The summed E-state index contributed by atoms with van der Waals surface area (Å²) in [6.07, 6.45) is 0.708.